The summed E-state index contributed by atoms with van der Waals surface area (Å²) >= 11 is 6.11. The molecule has 1 heterocycles. The molecule has 0 aliphatic carbocycles. The molecular formula is C21H22ClN3O2. The molecule has 140 valence electrons. The van der Waals surface area contributed by atoms with E-state index in [0.717, 1.165) is 16.5 Å². The van der Waals surface area contributed by atoms with Crippen LogP contribution >= 0.6 is 11.6 Å². The van der Waals surface area contributed by atoms with Crippen LogP contribution < -0.4 is 10.9 Å². The Morgan fingerprint density at radius 2 is 1.89 bits per heavy atom. The van der Waals surface area contributed by atoms with Gasteiger partial charge in [-0.3, -0.25) is 9.59 Å². The van der Waals surface area contributed by atoms with Crippen LogP contribution in [0.25, 0.3) is 10.9 Å². The second kappa shape index (κ2) is 7.94. The van der Waals surface area contributed by atoms with Gasteiger partial charge in [0.15, 0.2) is 0 Å². The van der Waals surface area contributed by atoms with Crippen LogP contribution in [0.1, 0.15) is 22.0 Å². The van der Waals surface area contributed by atoms with E-state index in [2.05, 4.69) is 5.32 Å². The average Bonchev–Trinajstić information content (AvgIpc) is 2.64. The molecule has 0 bridgehead atoms. The van der Waals surface area contributed by atoms with Crippen molar-refractivity contribution < 1.29 is 4.79 Å². The molecular weight excluding hydrogens is 362 g/mol. The third-order valence-corrected chi connectivity index (χ3v) is 4.95. The molecule has 0 spiro atoms. The number of hydrogen-bond acceptors (Lipinski definition) is 3. The fraction of sp³-hybridized carbons (Fsp3) is 0.238. The molecule has 3 rings (SSSR count). The summed E-state index contributed by atoms with van der Waals surface area (Å²) < 4.78 is 1.54. The number of fused-ring (bicyclic) bond motifs is 1. The molecule has 1 N–H and O–H groups in total. The smallest absolute Gasteiger partial charge is 0.252 e. The van der Waals surface area contributed by atoms with E-state index in [1.165, 1.54) is 6.07 Å². The van der Waals surface area contributed by atoms with Crippen molar-refractivity contribution in [2.75, 3.05) is 20.6 Å². The fourth-order valence-electron chi connectivity index (χ4n) is 3.20. The molecule has 0 aliphatic rings. The summed E-state index contributed by atoms with van der Waals surface area (Å²) in [5.41, 5.74) is 1.92. The predicted octanol–water partition coefficient (Wildman–Crippen LogP) is 3.22. The number of nitrogens with zero attached hydrogens (tertiary/aromatic N) is 2. The van der Waals surface area contributed by atoms with Crippen LogP contribution in [-0.2, 0) is 7.05 Å². The lowest BCUT2D eigenvalue weighted by Crippen LogP contribution is -2.35. The van der Waals surface area contributed by atoms with Crippen molar-refractivity contribution in [3.63, 3.8) is 0 Å². The quantitative estimate of drug-likeness (QED) is 0.736. The van der Waals surface area contributed by atoms with E-state index < -0.39 is 0 Å². The van der Waals surface area contributed by atoms with Crippen molar-refractivity contribution in [2.24, 2.45) is 7.05 Å². The molecule has 1 aromatic heterocycles. The van der Waals surface area contributed by atoms with Gasteiger partial charge in [0.25, 0.3) is 11.5 Å². The average molecular weight is 384 g/mol. The van der Waals surface area contributed by atoms with E-state index in [-0.39, 0.29) is 17.5 Å². The molecule has 0 aliphatic heterocycles. The normalized spacial score (nSPS) is 12.3. The van der Waals surface area contributed by atoms with Crippen LogP contribution in [0, 0.1) is 0 Å². The first-order chi connectivity index (χ1) is 12.9. The number of aryl methyl sites for hydroxylation is 1. The number of amides is 1. The number of carbonyl (C=O) groups excluding carboxylic acids is 1. The van der Waals surface area contributed by atoms with Crippen LogP contribution in [0.4, 0.5) is 0 Å². The van der Waals surface area contributed by atoms with Crippen LogP contribution in [0.5, 0.6) is 0 Å². The van der Waals surface area contributed by atoms with E-state index >= 15 is 0 Å². The zero-order chi connectivity index (χ0) is 19.6. The topological polar surface area (TPSA) is 54.3 Å². The van der Waals surface area contributed by atoms with Crippen molar-refractivity contribution in [3.8, 4) is 0 Å². The van der Waals surface area contributed by atoms with Crippen molar-refractivity contribution in [2.45, 2.75) is 6.04 Å². The second-order valence-corrected chi connectivity index (χ2v) is 7.15. The van der Waals surface area contributed by atoms with Crippen LogP contribution in [0.2, 0.25) is 5.02 Å². The van der Waals surface area contributed by atoms with Gasteiger partial charge < -0.3 is 14.8 Å². The number of likely N-dealkylation sites (N-methyl/N-ethyl adjacent to an activating group) is 1. The number of halogens is 1. The Bertz CT molecular complexity index is 1040. The lowest BCUT2D eigenvalue weighted by molar-refractivity contribution is 0.0943. The van der Waals surface area contributed by atoms with Crippen molar-refractivity contribution in [1.82, 2.24) is 14.8 Å². The summed E-state index contributed by atoms with van der Waals surface area (Å²) in [5.74, 6) is -0.266. The van der Waals surface area contributed by atoms with Gasteiger partial charge in [-0.25, -0.2) is 0 Å². The highest BCUT2D eigenvalue weighted by atomic mass is 35.5. The molecule has 0 saturated carbocycles. The Hall–Kier alpha value is -2.63. The van der Waals surface area contributed by atoms with Gasteiger partial charge in [-0.1, -0.05) is 41.9 Å². The van der Waals surface area contributed by atoms with E-state index in [4.69, 9.17) is 11.6 Å². The van der Waals surface area contributed by atoms with E-state index in [1.807, 2.05) is 67.5 Å². The predicted molar refractivity (Wildman–Crippen MR) is 109 cm³/mol. The summed E-state index contributed by atoms with van der Waals surface area (Å²) in [4.78, 5) is 27.1. The molecule has 1 atom stereocenters. The maximum absolute atomic E-state index is 12.8. The maximum atomic E-state index is 12.8. The molecule has 0 fully saturated rings. The third kappa shape index (κ3) is 4.04. The first-order valence-corrected chi connectivity index (χ1v) is 9.05. The zero-order valence-electron chi connectivity index (χ0n) is 15.6. The number of hydrogen-bond donors (Lipinski definition) is 1. The summed E-state index contributed by atoms with van der Waals surface area (Å²) in [6.45, 7) is 0.399. The Balaban J connectivity index is 1.88. The van der Waals surface area contributed by atoms with Gasteiger partial charge in [-0.15, -0.1) is 0 Å². The van der Waals surface area contributed by atoms with Crippen LogP contribution in [0.15, 0.2) is 59.4 Å². The number of carbonyl (C=O) groups is 1. The van der Waals surface area contributed by atoms with E-state index in [0.29, 0.717) is 17.1 Å². The SMILES string of the molecule is CN(C)C(CNC(=O)c1cc(=O)n(C)c2ccccc12)c1cccc(Cl)c1. The van der Waals surface area contributed by atoms with Crippen molar-refractivity contribution >= 4 is 28.4 Å². The summed E-state index contributed by atoms with van der Waals surface area (Å²) in [6, 6.07) is 16.3. The Morgan fingerprint density at radius 1 is 1.15 bits per heavy atom. The van der Waals surface area contributed by atoms with Crippen molar-refractivity contribution in [3.05, 3.63) is 81.1 Å². The molecule has 6 heteroatoms. The Labute approximate surface area is 163 Å². The molecule has 1 amide bonds. The van der Waals surface area contributed by atoms with Gasteiger partial charge in [0, 0.05) is 30.1 Å². The third-order valence-electron chi connectivity index (χ3n) is 4.71. The zero-order valence-corrected chi connectivity index (χ0v) is 16.3. The Kier molecular flexibility index (Phi) is 5.63. The number of nitrogens with one attached hydrogen (secondary N) is 1. The van der Waals surface area contributed by atoms with Gasteiger partial charge in [-0.2, -0.15) is 0 Å². The number of aromatic nitrogens is 1. The fourth-order valence-corrected chi connectivity index (χ4v) is 3.39. The minimum Gasteiger partial charge on any atom is -0.350 e. The van der Waals surface area contributed by atoms with Gasteiger partial charge in [0.05, 0.1) is 17.1 Å². The van der Waals surface area contributed by atoms with Gasteiger partial charge in [0.2, 0.25) is 0 Å². The first-order valence-electron chi connectivity index (χ1n) is 8.67. The Morgan fingerprint density at radius 3 is 2.59 bits per heavy atom. The second-order valence-electron chi connectivity index (χ2n) is 6.72. The molecule has 0 saturated heterocycles. The molecule has 0 radical (unpaired) electrons. The van der Waals surface area contributed by atoms with E-state index in [1.54, 1.807) is 11.6 Å². The van der Waals surface area contributed by atoms with Gasteiger partial charge in [-0.05, 0) is 37.9 Å². The molecule has 2 aromatic carbocycles. The molecule has 1 unspecified atom stereocenters. The highest BCUT2D eigenvalue weighted by molar-refractivity contribution is 6.30. The largest absolute Gasteiger partial charge is 0.350 e. The van der Waals surface area contributed by atoms with E-state index in [9.17, 15) is 9.59 Å². The summed E-state index contributed by atoms with van der Waals surface area (Å²) in [7, 11) is 5.60. The molecule has 5 nitrogen and oxygen atoms in total. The standard InChI is InChI=1S/C21H22ClN3O2/c1-24(2)19(14-7-6-8-15(22)11-14)13-23-21(27)17-12-20(26)25(3)18-10-5-4-9-16(17)18/h4-12,19H,13H2,1-3H3,(H,23,27). The highest BCUT2D eigenvalue weighted by Crippen LogP contribution is 2.21. The summed E-state index contributed by atoms with van der Waals surface area (Å²) in [5, 5.41) is 4.37. The van der Waals surface area contributed by atoms with Gasteiger partial charge >= 0.3 is 0 Å². The van der Waals surface area contributed by atoms with Crippen LogP contribution in [0.3, 0.4) is 0 Å². The minimum atomic E-state index is -0.266. The summed E-state index contributed by atoms with van der Waals surface area (Å²) in [6.07, 6.45) is 0. The van der Waals surface area contributed by atoms with Crippen molar-refractivity contribution in [1.29, 1.82) is 0 Å². The lowest BCUT2D eigenvalue weighted by atomic mass is 10.0. The number of para-hydroxylation sites is 1. The molecule has 27 heavy (non-hydrogen) atoms. The molecule has 3 aromatic rings. The number of benzene rings is 2. The number of pyridine rings is 1. The number of rotatable bonds is 5. The van der Waals surface area contributed by atoms with Crippen LogP contribution in [-0.4, -0.2) is 36.0 Å². The highest BCUT2D eigenvalue weighted by Gasteiger charge is 2.18. The maximum Gasteiger partial charge on any atom is 0.252 e. The minimum absolute atomic E-state index is 0.0366. The first kappa shape index (κ1) is 19.1. The van der Waals surface area contributed by atoms with Gasteiger partial charge in [0.1, 0.15) is 0 Å². The lowest BCUT2D eigenvalue weighted by Gasteiger charge is -2.25. The monoisotopic (exact) mass is 383 g/mol.